The molecule has 164 valence electrons. The van der Waals surface area contributed by atoms with E-state index in [1.807, 2.05) is 44.4 Å². The summed E-state index contributed by atoms with van der Waals surface area (Å²) in [5, 5.41) is 9.59. The number of hydrogen-bond donors (Lipinski definition) is 1. The van der Waals surface area contributed by atoms with Gasteiger partial charge in [0.2, 0.25) is 5.95 Å². The van der Waals surface area contributed by atoms with E-state index in [1.165, 1.54) is 12.1 Å². The van der Waals surface area contributed by atoms with Crippen LogP contribution in [0.15, 0.2) is 42.7 Å². The summed E-state index contributed by atoms with van der Waals surface area (Å²) >= 11 is 0. The van der Waals surface area contributed by atoms with Gasteiger partial charge in [0.25, 0.3) is 0 Å². The van der Waals surface area contributed by atoms with Crippen molar-refractivity contribution in [3.05, 3.63) is 54.4 Å². The van der Waals surface area contributed by atoms with Gasteiger partial charge in [-0.1, -0.05) is 0 Å². The van der Waals surface area contributed by atoms with Crippen LogP contribution in [0.3, 0.4) is 0 Å². The molecule has 2 aromatic heterocycles. The normalized spacial score (nSPS) is 15.8. The second kappa shape index (κ2) is 9.01. The Hall–Kier alpha value is -3.00. The maximum absolute atomic E-state index is 13.4. The van der Waals surface area contributed by atoms with Crippen molar-refractivity contribution in [2.45, 2.75) is 31.7 Å². The molecule has 1 atom stereocenters. The maximum atomic E-state index is 13.4. The molecular weight excluding hydrogens is 395 g/mol. The van der Waals surface area contributed by atoms with E-state index in [0.29, 0.717) is 11.9 Å². The Balaban J connectivity index is 1.62. The predicted molar refractivity (Wildman–Crippen MR) is 120 cm³/mol. The van der Waals surface area contributed by atoms with E-state index in [4.69, 9.17) is 9.97 Å². The molecule has 1 fully saturated rings. The highest BCUT2D eigenvalue weighted by Gasteiger charge is 2.25. The number of benzene rings is 1. The number of piperidine rings is 1. The molecule has 4 rings (SSSR count). The third-order valence-electron chi connectivity index (χ3n) is 6.12. The SMILES string of the molecule is CC(CO)N(C)c1nc(-c2ccc(F)cc2)cc(N2CCC(c3nccn3C)CC2)n1. The van der Waals surface area contributed by atoms with Crippen LogP contribution >= 0.6 is 0 Å². The molecule has 0 amide bonds. The number of aliphatic hydroxyl groups is 1. The predicted octanol–water partition coefficient (Wildman–Crippen LogP) is 3.22. The summed E-state index contributed by atoms with van der Waals surface area (Å²) in [4.78, 5) is 18.2. The molecule has 1 aliphatic heterocycles. The maximum Gasteiger partial charge on any atom is 0.227 e. The lowest BCUT2D eigenvalue weighted by Gasteiger charge is -2.33. The van der Waals surface area contributed by atoms with Gasteiger partial charge < -0.3 is 19.5 Å². The van der Waals surface area contributed by atoms with Crippen LogP contribution in [0.25, 0.3) is 11.3 Å². The van der Waals surface area contributed by atoms with Crippen LogP contribution in [0, 0.1) is 5.82 Å². The fourth-order valence-electron chi connectivity index (χ4n) is 3.97. The summed E-state index contributed by atoms with van der Waals surface area (Å²) in [7, 11) is 3.92. The number of hydrogen-bond acceptors (Lipinski definition) is 6. The topological polar surface area (TPSA) is 70.3 Å². The van der Waals surface area contributed by atoms with Gasteiger partial charge in [-0.05, 0) is 44.0 Å². The summed E-state index contributed by atoms with van der Waals surface area (Å²) in [6, 6.07) is 8.19. The number of halogens is 1. The molecular formula is C23H29FN6O. The first kappa shape index (κ1) is 21.2. The largest absolute Gasteiger partial charge is 0.394 e. The van der Waals surface area contributed by atoms with Crippen LogP contribution in [-0.4, -0.2) is 57.4 Å². The van der Waals surface area contributed by atoms with Crippen LogP contribution in [0.4, 0.5) is 16.2 Å². The Morgan fingerprint density at radius 2 is 1.90 bits per heavy atom. The Morgan fingerprint density at radius 3 is 2.52 bits per heavy atom. The van der Waals surface area contributed by atoms with Gasteiger partial charge in [-0.3, -0.25) is 0 Å². The van der Waals surface area contributed by atoms with E-state index in [1.54, 1.807) is 12.1 Å². The molecule has 0 saturated carbocycles. The monoisotopic (exact) mass is 424 g/mol. The zero-order valence-electron chi connectivity index (χ0n) is 18.2. The van der Waals surface area contributed by atoms with Gasteiger partial charge >= 0.3 is 0 Å². The van der Waals surface area contributed by atoms with Gasteiger partial charge in [0.1, 0.15) is 17.5 Å². The average molecular weight is 425 g/mol. The number of likely N-dealkylation sites (N-methyl/N-ethyl adjacent to an activating group) is 1. The quantitative estimate of drug-likeness (QED) is 0.655. The minimum Gasteiger partial charge on any atom is -0.394 e. The lowest BCUT2D eigenvalue weighted by Crippen LogP contribution is -2.36. The first-order chi connectivity index (χ1) is 15.0. The molecule has 7 nitrogen and oxygen atoms in total. The Bertz CT molecular complexity index is 1010. The number of nitrogens with zero attached hydrogens (tertiary/aromatic N) is 6. The van der Waals surface area contributed by atoms with Crippen molar-refractivity contribution >= 4 is 11.8 Å². The summed E-state index contributed by atoms with van der Waals surface area (Å²) in [6.07, 6.45) is 5.84. The lowest BCUT2D eigenvalue weighted by molar-refractivity contribution is 0.269. The van der Waals surface area contributed by atoms with Gasteiger partial charge in [0, 0.05) is 57.1 Å². The van der Waals surface area contributed by atoms with Crippen molar-refractivity contribution < 1.29 is 9.50 Å². The van der Waals surface area contributed by atoms with Crippen LogP contribution < -0.4 is 9.80 Å². The first-order valence-electron chi connectivity index (χ1n) is 10.7. The molecule has 1 unspecified atom stereocenters. The van der Waals surface area contributed by atoms with Crippen LogP contribution in [-0.2, 0) is 7.05 Å². The van der Waals surface area contributed by atoms with Gasteiger partial charge in [0.05, 0.1) is 18.3 Å². The summed E-state index contributed by atoms with van der Waals surface area (Å²) in [5.41, 5.74) is 1.57. The third kappa shape index (κ3) is 4.54. The van der Waals surface area contributed by atoms with E-state index < -0.39 is 0 Å². The zero-order valence-corrected chi connectivity index (χ0v) is 18.2. The van der Waals surface area contributed by atoms with E-state index in [9.17, 15) is 9.50 Å². The second-order valence-corrected chi connectivity index (χ2v) is 8.22. The van der Waals surface area contributed by atoms with E-state index in [-0.39, 0.29) is 18.5 Å². The number of aliphatic hydroxyl groups excluding tert-OH is 1. The minimum absolute atomic E-state index is 0.00499. The van der Waals surface area contributed by atoms with E-state index in [2.05, 4.69) is 14.5 Å². The van der Waals surface area contributed by atoms with Crippen molar-refractivity contribution in [1.82, 2.24) is 19.5 Å². The van der Waals surface area contributed by atoms with Crippen LogP contribution in [0.5, 0.6) is 0 Å². The first-order valence-corrected chi connectivity index (χ1v) is 10.7. The fraction of sp³-hybridized carbons (Fsp3) is 0.435. The second-order valence-electron chi connectivity index (χ2n) is 8.22. The number of imidazole rings is 1. The number of anilines is 2. The smallest absolute Gasteiger partial charge is 0.227 e. The minimum atomic E-state index is -0.277. The highest BCUT2D eigenvalue weighted by Crippen LogP contribution is 2.31. The molecule has 1 saturated heterocycles. The number of aryl methyl sites for hydroxylation is 1. The molecule has 3 aromatic rings. The Morgan fingerprint density at radius 1 is 1.19 bits per heavy atom. The summed E-state index contributed by atoms with van der Waals surface area (Å²) in [5.74, 6) is 2.68. The van der Waals surface area contributed by atoms with E-state index >= 15 is 0 Å². The molecule has 1 aliphatic rings. The molecule has 31 heavy (non-hydrogen) atoms. The molecule has 3 heterocycles. The molecule has 0 bridgehead atoms. The third-order valence-corrected chi connectivity index (χ3v) is 6.12. The van der Waals surface area contributed by atoms with Crippen molar-refractivity contribution in [2.75, 3.05) is 36.5 Å². The zero-order chi connectivity index (χ0) is 22.0. The van der Waals surface area contributed by atoms with Crippen molar-refractivity contribution in [3.63, 3.8) is 0 Å². The van der Waals surface area contributed by atoms with Crippen molar-refractivity contribution in [3.8, 4) is 11.3 Å². The Kier molecular flexibility index (Phi) is 6.18. The van der Waals surface area contributed by atoms with Gasteiger partial charge in [-0.15, -0.1) is 0 Å². The van der Waals surface area contributed by atoms with Crippen LogP contribution in [0.2, 0.25) is 0 Å². The van der Waals surface area contributed by atoms with Crippen molar-refractivity contribution in [2.24, 2.45) is 7.05 Å². The molecule has 0 aliphatic carbocycles. The molecule has 8 heteroatoms. The molecule has 0 spiro atoms. The highest BCUT2D eigenvalue weighted by atomic mass is 19.1. The average Bonchev–Trinajstić information content (AvgIpc) is 3.24. The molecule has 1 N–H and O–H groups in total. The number of aromatic nitrogens is 4. The van der Waals surface area contributed by atoms with Crippen molar-refractivity contribution in [1.29, 1.82) is 0 Å². The lowest BCUT2D eigenvalue weighted by atomic mass is 9.96. The van der Waals surface area contributed by atoms with E-state index in [0.717, 1.165) is 48.8 Å². The number of rotatable bonds is 6. The van der Waals surface area contributed by atoms with Gasteiger partial charge in [0.15, 0.2) is 0 Å². The fourth-order valence-corrected chi connectivity index (χ4v) is 3.97. The summed E-state index contributed by atoms with van der Waals surface area (Å²) in [6.45, 7) is 3.67. The standard InChI is InChI=1S/C23H29FN6O/c1-16(15-31)29(3)23-26-20(17-4-6-19(24)7-5-17)14-21(27-23)30-11-8-18(9-12-30)22-25-10-13-28(22)2/h4-7,10,13-14,16,18,31H,8-9,11-12,15H2,1-3H3. The summed E-state index contributed by atoms with van der Waals surface area (Å²) < 4.78 is 15.5. The van der Waals surface area contributed by atoms with Crippen LogP contribution in [0.1, 0.15) is 31.5 Å². The Labute approximate surface area is 182 Å². The van der Waals surface area contributed by atoms with Gasteiger partial charge in [-0.2, -0.15) is 4.98 Å². The van der Waals surface area contributed by atoms with Gasteiger partial charge in [-0.25, -0.2) is 14.4 Å². The highest BCUT2D eigenvalue weighted by molar-refractivity contribution is 5.65. The molecule has 1 aromatic carbocycles. The molecule has 0 radical (unpaired) electrons.